The van der Waals surface area contributed by atoms with Gasteiger partial charge in [0.25, 0.3) is 0 Å². The van der Waals surface area contributed by atoms with Gasteiger partial charge >= 0.3 is 0 Å². The van der Waals surface area contributed by atoms with Crippen LogP contribution in [-0.4, -0.2) is 42.4 Å². The van der Waals surface area contributed by atoms with Crippen molar-refractivity contribution in [2.45, 2.75) is 39.8 Å². The lowest BCUT2D eigenvalue weighted by Crippen LogP contribution is -2.42. The third kappa shape index (κ3) is 7.09. The predicted octanol–water partition coefficient (Wildman–Crippen LogP) is 1.63. The molecular formula is C10H22N2OS. The number of hydrogen-bond acceptors (Lipinski definition) is 2. The summed E-state index contributed by atoms with van der Waals surface area (Å²) in [7, 11) is 1.97. The first-order valence-electron chi connectivity index (χ1n) is 5.06. The van der Waals surface area contributed by atoms with Crippen LogP contribution in [-0.2, 0) is 4.74 Å². The molecule has 0 aromatic carbocycles. The number of nitrogens with one attached hydrogen (secondary N) is 1. The molecule has 0 saturated carbocycles. The van der Waals surface area contributed by atoms with Gasteiger partial charge in [0, 0.05) is 19.6 Å². The van der Waals surface area contributed by atoms with Crippen molar-refractivity contribution in [1.29, 1.82) is 0 Å². The van der Waals surface area contributed by atoms with Crippen LogP contribution in [0.1, 0.15) is 27.7 Å². The van der Waals surface area contributed by atoms with Gasteiger partial charge in [0.15, 0.2) is 5.11 Å². The molecule has 0 fully saturated rings. The maximum absolute atomic E-state index is 5.44. The van der Waals surface area contributed by atoms with Crippen LogP contribution >= 0.6 is 12.2 Å². The molecule has 0 bridgehead atoms. The van der Waals surface area contributed by atoms with Crippen LogP contribution in [0.3, 0.4) is 0 Å². The van der Waals surface area contributed by atoms with Crippen LogP contribution in [0.4, 0.5) is 0 Å². The summed E-state index contributed by atoms with van der Waals surface area (Å²) in [6, 6.07) is 0.385. The monoisotopic (exact) mass is 218 g/mol. The van der Waals surface area contributed by atoms with Crippen molar-refractivity contribution >= 4 is 17.3 Å². The van der Waals surface area contributed by atoms with E-state index < -0.39 is 0 Å². The van der Waals surface area contributed by atoms with Gasteiger partial charge in [0.1, 0.15) is 0 Å². The molecule has 0 heterocycles. The minimum atomic E-state index is 0.287. The Morgan fingerprint density at radius 3 is 2.36 bits per heavy atom. The highest BCUT2D eigenvalue weighted by molar-refractivity contribution is 7.80. The topological polar surface area (TPSA) is 24.5 Å². The van der Waals surface area contributed by atoms with Crippen LogP contribution in [0.2, 0.25) is 0 Å². The van der Waals surface area contributed by atoms with Crippen LogP contribution in [0.25, 0.3) is 0 Å². The summed E-state index contributed by atoms with van der Waals surface area (Å²) in [5, 5.41) is 3.97. The lowest BCUT2D eigenvalue weighted by Gasteiger charge is -2.23. The van der Waals surface area contributed by atoms with Crippen LogP contribution in [0.5, 0.6) is 0 Å². The molecule has 0 atom stereocenters. The highest BCUT2D eigenvalue weighted by atomic mass is 32.1. The van der Waals surface area contributed by atoms with Crippen molar-refractivity contribution in [2.24, 2.45) is 0 Å². The molecular weight excluding hydrogens is 196 g/mol. The lowest BCUT2D eigenvalue weighted by atomic mass is 10.4. The Bertz CT molecular complexity index is 172. The van der Waals surface area contributed by atoms with Gasteiger partial charge in [0.2, 0.25) is 0 Å². The summed E-state index contributed by atoms with van der Waals surface area (Å²) < 4.78 is 5.44. The molecule has 14 heavy (non-hydrogen) atoms. The fourth-order valence-corrected chi connectivity index (χ4v) is 1.21. The first-order valence-corrected chi connectivity index (χ1v) is 5.47. The molecule has 0 rings (SSSR count). The maximum atomic E-state index is 5.44. The number of thiocarbonyl (C=S) groups is 1. The van der Waals surface area contributed by atoms with E-state index in [1.807, 2.05) is 25.8 Å². The normalized spacial score (nSPS) is 10.8. The van der Waals surface area contributed by atoms with Crippen molar-refractivity contribution in [2.75, 3.05) is 20.2 Å². The van der Waals surface area contributed by atoms with Crippen molar-refractivity contribution in [3.63, 3.8) is 0 Å². The van der Waals surface area contributed by atoms with E-state index in [2.05, 4.69) is 19.2 Å². The van der Waals surface area contributed by atoms with E-state index >= 15 is 0 Å². The second-order valence-electron chi connectivity index (χ2n) is 3.95. The predicted molar refractivity (Wildman–Crippen MR) is 64.6 cm³/mol. The van der Waals surface area contributed by atoms with Crippen molar-refractivity contribution in [1.82, 2.24) is 10.2 Å². The molecule has 0 unspecified atom stereocenters. The van der Waals surface area contributed by atoms with Gasteiger partial charge in [-0.05, 0) is 39.9 Å². The van der Waals surface area contributed by atoms with E-state index in [1.165, 1.54) is 0 Å². The third-order valence-corrected chi connectivity index (χ3v) is 2.07. The van der Waals surface area contributed by atoms with Crippen LogP contribution < -0.4 is 5.32 Å². The second kappa shape index (κ2) is 7.01. The summed E-state index contributed by atoms with van der Waals surface area (Å²) in [6.45, 7) is 9.76. The molecule has 4 heteroatoms. The van der Waals surface area contributed by atoms with E-state index in [1.54, 1.807) is 0 Å². The zero-order chi connectivity index (χ0) is 11.1. The molecule has 0 aromatic rings. The molecule has 0 spiro atoms. The van der Waals surface area contributed by atoms with Gasteiger partial charge in [0.05, 0.1) is 12.7 Å². The van der Waals surface area contributed by atoms with E-state index in [4.69, 9.17) is 17.0 Å². The Hall–Kier alpha value is -0.350. The largest absolute Gasteiger partial charge is 0.377 e. The summed E-state index contributed by atoms with van der Waals surface area (Å²) in [5.74, 6) is 0. The van der Waals surface area contributed by atoms with Gasteiger partial charge in [-0.15, -0.1) is 0 Å². The van der Waals surface area contributed by atoms with Crippen molar-refractivity contribution in [3.05, 3.63) is 0 Å². The highest BCUT2D eigenvalue weighted by Gasteiger charge is 2.05. The van der Waals surface area contributed by atoms with E-state index in [0.717, 1.165) is 11.7 Å². The van der Waals surface area contributed by atoms with Crippen molar-refractivity contribution < 1.29 is 4.74 Å². The van der Waals surface area contributed by atoms with Crippen LogP contribution in [0, 0.1) is 0 Å². The number of nitrogens with zero attached hydrogens (tertiary/aromatic N) is 1. The number of rotatable bonds is 5. The Labute approximate surface area is 92.8 Å². The van der Waals surface area contributed by atoms with Gasteiger partial charge in [-0.25, -0.2) is 0 Å². The summed E-state index contributed by atoms with van der Waals surface area (Å²) in [6.07, 6.45) is 0.287. The standard InChI is InChI=1S/C10H22N2OS/c1-8(2)11-10(14)12(5)6-7-13-9(3)4/h8-9H,6-7H2,1-5H3,(H,11,14). The van der Waals surface area contributed by atoms with E-state index in [-0.39, 0.29) is 6.10 Å². The zero-order valence-corrected chi connectivity index (χ0v) is 10.6. The lowest BCUT2D eigenvalue weighted by molar-refractivity contribution is 0.0723. The van der Waals surface area contributed by atoms with Gasteiger partial charge in [-0.2, -0.15) is 0 Å². The molecule has 0 aliphatic heterocycles. The summed E-state index contributed by atoms with van der Waals surface area (Å²) in [4.78, 5) is 2.00. The molecule has 0 aromatic heterocycles. The first kappa shape index (κ1) is 13.7. The van der Waals surface area contributed by atoms with Gasteiger partial charge < -0.3 is 15.0 Å². The average molecular weight is 218 g/mol. The second-order valence-corrected chi connectivity index (χ2v) is 4.33. The molecule has 0 amide bonds. The minimum absolute atomic E-state index is 0.287. The van der Waals surface area contributed by atoms with E-state index in [9.17, 15) is 0 Å². The average Bonchev–Trinajstić information content (AvgIpc) is 2.01. The molecule has 0 aliphatic rings. The third-order valence-electron chi connectivity index (χ3n) is 1.64. The quantitative estimate of drug-likeness (QED) is 0.709. The summed E-state index contributed by atoms with van der Waals surface area (Å²) in [5.41, 5.74) is 0. The Morgan fingerprint density at radius 1 is 1.36 bits per heavy atom. The SMILES string of the molecule is CC(C)NC(=S)N(C)CCOC(C)C. The fourth-order valence-electron chi connectivity index (χ4n) is 0.884. The smallest absolute Gasteiger partial charge is 0.168 e. The molecule has 0 aliphatic carbocycles. The Morgan fingerprint density at radius 2 is 1.93 bits per heavy atom. The Kier molecular flexibility index (Phi) is 6.83. The maximum Gasteiger partial charge on any atom is 0.168 e. The molecule has 0 saturated heterocycles. The minimum Gasteiger partial charge on any atom is -0.377 e. The van der Waals surface area contributed by atoms with Gasteiger partial charge in [-0.3, -0.25) is 0 Å². The molecule has 3 nitrogen and oxygen atoms in total. The number of ether oxygens (including phenoxy) is 1. The first-order chi connectivity index (χ1) is 6.43. The fraction of sp³-hybridized carbons (Fsp3) is 0.900. The molecule has 0 radical (unpaired) electrons. The van der Waals surface area contributed by atoms with Gasteiger partial charge in [-0.1, -0.05) is 0 Å². The van der Waals surface area contributed by atoms with E-state index in [0.29, 0.717) is 12.6 Å². The van der Waals surface area contributed by atoms with Crippen molar-refractivity contribution in [3.8, 4) is 0 Å². The number of hydrogen-bond donors (Lipinski definition) is 1. The molecule has 84 valence electrons. The summed E-state index contributed by atoms with van der Waals surface area (Å²) >= 11 is 5.19. The highest BCUT2D eigenvalue weighted by Crippen LogP contribution is 1.91. The number of likely N-dealkylation sites (N-methyl/N-ethyl adjacent to an activating group) is 1. The Balaban J connectivity index is 3.62. The van der Waals surface area contributed by atoms with Crippen LogP contribution in [0.15, 0.2) is 0 Å². The molecule has 1 N–H and O–H groups in total. The zero-order valence-electron chi connectivity index (χ0n) is 9.83.